The summed E-state index contributed by atoms with van der Waals surface area (Å²) >= 11 is 0. The summed E-state index contributed by atoms with van der Waals surface area (Å²) in [5, 5.41) is 0. The zero-order valence-corrected chi connectivity index (χ0v) is 15.5. The van der Waals surface area contributed by atoms with Gasteiger partial charge in [-0.3, -0.25) is 4.79 Å². The smallest absolute Gasteiger partial charge is 0.134 e. The van der Waals surface area contributed by atoms with Crippen LogP contribution in [0.4, 0.5) is 0 Å². The van der Waals surface area contributed by atoms with Crippen molar-refractivity contribution < 1.29 is 4.79 Å². The Kier molecular flexibility index (Phi) is 5.04. The molecule has 2 unspecified atom stereocenters. The number of rotatable bonds is 4. The minimum atomic E-state index is 0.265. The van der Waals surface area contributed by atoms with E-state index in [-0.39, 0.29) is 10.8 Å². The Labute approximate surface area is 137 Å². The minimum absolute atomic E-state index is 0.265. The molecule has 0 N–H and O–H groups in total. The molecule has 0 aromatic carbocycles. The second kappa shape index (κ2) is 6.34. The van der Waals surface area contributed by atoms with E-state index in [9.17, 15) is 4.79 Å². The van der Waals surface area contributed by atoms with Gasteiger partial charge in [-0.15, -0.1) is 0 Å². The summed E-state index contributed by atoms with van der Waals surface area (Å²) in [4.78, 5) is 12.8. The predicted octanol–water partition coefficient (Wildman–Crippen LogP) is 6.10. The normalized spacial score (nSPS) is 30.5. The van der Waals surface area contributed by atoms with Crippen LogP contribution in [0.1, 0.15) is 80.1 Å². The van der Waals surface area contributed by atoms with E-state index in [4.69, 9.17) is 0 Å². The van der Waals surface area contributed by atoms with Crippen LogP contribution in [0.3, 0.4) is 0 Å². The van der Waals surface area contributed by atoms with Gasteiger partial charge in [0.05, 0.1) is 0 Å². The molecule has 0 saturated carbocycles. The highest BCUT2D eigenvalue weighted by Crippen LogP contribution is 2.45. The molecule has 124 valence electrons. The van der Waals surface area contributed by atoms with Crippen LogP contribution in [-0.2, 0) is 4.79 Å². The van der Waals surface area contributed by atoms with Crippen molar-refractivity contribution in [3.63, 3.8) is 0 Å². The van der Waals surface area contributed by atoms with Gasteiger partial charge < -0.3 is 0 Å². The quantitative estimate of drug-likeness (QED) is 0.573. The van der Waals surface area contributed by atoms with Crippen LogP contribution >= 0.6 is 0 Å². The number of hydrogen-bond donors (Lipinski definition) is 0. The molecule has 0 radical (unpaired) electrons. The van der Waals surface area contributed by atoms with E-state index in [2.05, 4.69) is 53.7 Å². The van der Waals surface area contributed by atoms with Crippen LogP contribution in [0.5, 0.6) is 0 Å². The molecule has 2 aliphatic rings. The molecule has 2 atom stereocenters. The van der Waals surface area contributed by atoms with E-state index in [1.807, 2.05) is 0 Å². The van der Waals surface area contributed by atoms with Crippen LogP contribution in [0.2, 0.25) is 0 Å². The first-order valence-electron chi connectivity index (χ1n) is 8.98. The molecule has 0 amide bonds. The molecule has 0 saturated heterocycles. The van der Waals surface area contributed by atoms with Crippen molar-refractivity contribution in [3.05, 3.63) is 23.3 Å². The van der Waals surface area contributed by atoms with E-state index in [0.29, 0.717) is 17.6 Å². The fourth-order valence-electron chi connectivity index (χ4n) is 4.62. The molecule has 0 fully saturated rings. The van der Waals surface area contributed by atoms with Crippen LogP contribution in [-0.4, -0.2) is 5.78 Å². The molecule has 0 bridgehead atoms. The van der Waals surface area contributed by atoms with Crippen molar-refractivity contribution in [2.24, 2.45) is 22.7 Å². The molecule has 0 aromatic heterocycles. The Morgan fingerprint density at radius 1 is 0.909 bits per heavy atom. The Morgan fingerprint density at radius 2 is 1.27 bits per heavy atom. The lowest BCUT2D eigenvalue weighted by Gasteiger charge is -2.40. The maximum absolute atomic E-state index is 12.8. The van der Waals surface area contributed by atoms with Crippen molar-refractivity contribution in [1.29, 1.82) is 0 Å². The number of carbonyl (C=O) groups excluding carboxylic acids is 1. The number of Topliss-reactive ketones (excluding diaryl/α,β-unsaturated/α-hetero) is 1. The molecule has 2 rings (SSSR count). The monoisotopic (exact) mass is 302 g/mol. The first-order chi connectivity index (χ1) is 10.1. The van der Waals surface area contributed by atoms with Crippen molar-refractivity contribution in [2.45, 2.75) is 80.1 Å². The highest BCUT2D eigenvalue weighted by Gasteiger charge is 2.37. The molecule has 0 heterocycles. The zero-order chi connectivity index (χ0) is 16.5. The SMILES string of the molecule is CC1=CCCC(C)(C)C1CC(=O)CC1C(C)=CCCC1(C)C. The van der Waals surface area contributed by atoms with E-state index < -0.39 is 0 Å². The van der Waals surface area contributed by atoms with Crippen LogP contribution in [0.25, 0.3) is 0 Å². The summed E-state index contributed by atoms with van der Waals surface area (Å²) in [6, 6.07) is 0. The zero-order valence-electron chi connectivity index (χ0n) is 15.5. The third-order valence-electron chi connectivity index (χ3n) is 6.36. The van der Waals surface area contributed by atoms with Crippen molar-refractivity contribution in [3.8, 4) is 0 Å². The average Bonchev–Trinajstić information content (AvgIpc) is 2.38. The largest absolute Gasteiger partial charge is 0.300 e. The van der Waals surface area contributed by atoms with Crippen LogP contribution in [0, 0.1) is 22.7 Å². The Hall–Kier alpha value is -0.850. The maximum atomic E-state index is 12.8. The molecule has 0 spiro atoms. The minimum Gasteiger partial charge on any atom is -0.300 e. The van der Waals surface area contributed by atoms with Crippen molar-refractivity contribution >= 4 is 5.78 Å². The van der Waals surface area contributed by atoms with Gasteiger partial charge in [-0.05, 0) is 62.2 Å². The lowest BCUT2D eigenvalue weighted by atomic mass is 9.64. The summed E-state index contributed by atoms with van der Waals surface area (Å²) < 4.78 is 0. The van der Waals surface area contributed by atoms with E-state index in [1.165, 1.54) is 36.8 Å². The topological polar surface area (TPSA) is 17.1 Å². The third-order valence-corrected chi connectivity index (χ3v) is 6.36. The van der Waals surface area contributed by atoms with Gasteiger partial charge in [-0.2, -0.15) is 0 Å². The van der Waals surface area contributed by atoms with Gasteiger partial charge in [0.15, 0.2) is 0 Å². The van der Waals surface area contributed by atoms with Gasteiger partial charge >= 0.3 is 0 Å². The summed E-state index contributed by atoms with van der Waals surface area (Å²) in [6.45, 7) is 13.8. The molecule has 1 nitrogen and oxygen atoms in total. The molecular weight excluding hydrogens is 268 g/mol. The fourth-order valence-corrected chi connectivity index (χ4v) is 4.62. The Morgan fingerprint density at radius 3 is 1.59 bits per heavy atom. The van der Waals surface area contributed by atoms with Crippen molar-refractivity contribution in [1.82, 2.24) is 0 Å². The van der Waals surface area contributed by atoms with Gasteiger partial charge in [0, 0.05) is 12.8 Å². The average molecular weight is 303 g/mol. The van der Waals surface area contributed by atoms with Crippen LogP contribution < -0.4 is 0 Å². The van der Waals surface area contributed by atoms with Crippen molar-refractivity contribution in [2.75, 3.05) is 0 Å². The lowest BCUT2D eigenvalue weighted by molar-refractivity contribution is -0.122. The fraction of sp³-hybridized carbons (Fsp3) is 0.762. The number of ketones is 1. The van der Waals surface area contributed by atoms with Gasteiger partial charge in [0.1, 0.15) is 5.78 Å². The summed E-state index contributed by atoms with van der Waals surface area (Å²) in [6.07, 6.45) is 10.9. The maximum Gasteiger partial charge on any atom is 0.134 e. The van der Waals surface area contributed by atoms with E-state index in [0.717, 1.165) is 12.8 Å². The summed E-state index contributed by atoms with van der Waals surface area (Å²) in [5.41, 5.74) is 3.39. The van der Waals surface area contributed by atoms with Crippen LogP contribution in [0.15, 0.2) is 23.3 Å². The first-order valence-corrected chi connectivity index (χ1v) is 8.98. The standard InChI is InChI=1S/C21H34O/c1-15-9-7-11-20(3,4)18(15)13-17(22)14-19-16(2)10-8-12-21(19,5)6/h9-10,18-19H,7-8,11-14H2,1-6H3. The summed E-state index contributed by atoms with van der Waals surface area (Å²) in [7, 11) is 0. The van der Waals surface area contributed by atoms with Gasteiger partial charge in [-0.1, -0.05) is 51.0 Å². The number of hydrogen-bond acceptors (Lipinski definition) is 1. The molecule has 0 aliphatic heterocycles. The lowest BCUT2D eigenvalue weighted by Crippen LogP contribution is -2.33. The van der Waals surface area contributed by atoms with Gasteiger partial charge in [0.25, 0.3) is 0 Å². The Bertz CT molecular complexity index is 446. The highest BCUT2D eigenvalue weighted by atomic mass is 16.1. The summed E-state index contributed by atoms with van der Waals surface area (Å²) in [5.74, 6) is 1.33. The highest BCUT2D eigenvalue weighted by molar-refractivity contribution is 5.80. The molecule has 0 aromatic rings. The molecule has 1 heteroatoms. The molecular formula is C21H34O. The first kappa shape index (κ1) is 17.5. The number of carbonyl (C=O) groups is 1. The number of allylic oxidation sites excluding steroid dienone is 4. The Balaban J connectivity index is 2.06. The second-order valence-corrected chi connectivity index (χ2v) is 9.00. The van der Waals surface area contributed by atoms with Gasteiger partial charge in [-0.25, -0.2) is 0 Å². The molecule has 22 heavy (non-hydrogen) atoms. The third kappa shape index (κ3) is 3.73. The van der Waals surface area contributed by atoms with Gasteiger partial charge in [0.2, 0.25) is 0 Å². The predicted molar refractivity (Wildman–Crippen MR) is 94.8 cm³/mol. The van der Waals surface area contributed by atoms with E-state index in [1.54, 1.807) is 0 Å². The second-order valence-electron chi connectivity index (χ2n) is 9.00. The van der Waals surface area contributed by atoms with E-state index >= 15 is 0 Å². The molecule has 2 aliphatic carbocycles.